The molecule has 0 bridgehead atoms. The number of allylic oxidation sites excluding steroid dienone is 2. The van der Waals surface area contributed by atoms with Gasteiger partial charge in [0.15, 0.2) is 11.2 Å². The van der Waals surface area contributed by atoms with Gasteiger partial charge in [0.2, 0.25) is 0 Å². The predicted octanol–water partition coefficient (Wildman–Crippen LogP) is 2.36. The van der Waals surface area contributed by atoms with Crippen LogP contribution in [0.4, 0.5) is 0 Å². The number of benzene rings is 1. The molecule has 0 aromatic heterocycles. The molecule has 0 N–H and O–H groups in total. The number of hydrogen-bond acceptors (Lipinski definition) is 6. The first kappa shape index (κ1) is 18.3. The van der Waals surface area contributed by atoms with E-state index in [4.69, 9.17) is 9.47 Å². The first-order valence-electron chi connectivity index (χ1n) is 9.97. The molecule has 4 atom stereocenters. The number of ether oxygens (including phenoxy) is 2. The molecule has 3 fully saturated rings. The Kier molecular flexibility index (Phi) is 3.70. The number of methoxy groups -OCH3 is 2. The van der Waals surface area contributed by atoms with Crippen molar-refractivity contribution in [3.8, 4) is 0 Å². The van der Waals surface area contributed by atoms with Gasteiger partial charge in [0.1, 0.15) is 5.78 Å². The lowest BCUT2D eigenvalue weighted by molar-refractivity contribution is -0.174. The van der Waals surface area contributed by atoms with Gasteiger partial charge in [-0.15, -0.1) is 0 Å². The Balaban J connectivity index is 1.83. The third-order valence-corrected chi connectivity index (χ3v) is 7.85. The molecule has 29 heavy (non-hydrogen) atoms. The molecule has 0 amide bonds. The van der Waals surface area contributed by atoms with E-state index < -0.39 is 34.6 Å². The highest BCUT2D eigenvalue weighted by Crippen LogP contribution is 2.77. The van der Waals surface area contributed by atoms with Crippen LogP contribution in [0.1, 0.15) is 31.2 Å². The van der Waals surface area contributed by atoms with Crippen LogP contribution in [0.15, 0.2) is 35.9 Å². The van der Waals surface area contributed by atoms with Crippen molar-refractivity contribution in [2.75, 3.05) is 14.2 Å². The van der Waals surface area contributed by atoms with Crippen molar-refractivity contribution in [3.05, 3.63) is 41.5 Å². The number of rotatable bonds is 3. The molecular formula is C23H22O6. The third kappa shape index (κ3) is 1.88. The third-order valence-electron chi connectivity index (χ3n) is 7.85. The van der Waals surface area contributed by atoms with E-state index in [1.54, 1.807) is 0 Å². The average molecular weight is 394 g/mol. The fourth-order valence-corrected chi connectivity index (χ4v) is 7.06. The highest BCUT2D eigenvalue weighted by molar-refractivity contribution is 6.33. The van der Waals surface area contributed by atoms with Gasteiger partial charge in [-0.3, -0.25) is 19.2 Å². The molecule has 6 heteroatoms. The summed E-state index contributed by atoms with van der Waals surface area (Å²) in [5.74, 6) is -2.79. The van der Waals surface area contributed by atoms with Crippen LogP contribution in [-0.4, -0.2) is 37.7 Å². The molecular weight excluding hydrogens is 372 g/mol. The molecule has 150 valence electrons. The molecule has 5 rings (SSSR count). The van der Waals surface area contributed by atoms with Gasteiger partial charge in [-0.05, 0) is 42.2 Å². The number of carbonyl (C=O) groups excluding carboxylic acids is 4. The average Bonchev–Trinajstić information content (AvgIpc) is 3.38. The van der Waals surface area contributed by atoms with Crippen molar-refractivity contribution in [2.24, 2.45) is 28.6 Å². The van der Waals surface area contributed by atoms with E-state index in [0.29, 0.717) is 24.8 Å². The van der Waals surface area contributed by atoms with Gasteiger partial charge in [0, 0.05) is 17.4 Å². The van der Waals surface area contributed by atoms with Crippen LogP contribution >= 0.6 is 0 Å². The summed E-state index contributed by atoms with van der Waals surface area (Å²) in [4.78, 5) is 52.5. The summed E-state index contributed by atoms with van der Waals surface area (Å²) >= 11 is 0. The normalized spacial score (nSPS) is 33.7. The second-order valence-electron chi connectivity index (χ2n) is 8.58. The summed E-state index contributed by atoms with van der Waals surface area (Å²) in [6, 6.07) is 9.24. The zero-order valence-corrected chi connectivity index (χ0v) is 16.4. The van der Waals surface area contributed by atoms with E-state index in [1.807, 2.05) is 30.3 Å². The highest BCUT2D eigenvalue weighted by Gasteiger charge is 2.80. The Morgan fingerprint density at radius 2 is 1.66 bits per heavy atom. The van der Waals surface area contributed by atoms with Gasteiger partial charge in [-0.2, -0.15) is 0 Å². The smallest absolute Gasteiger partial charge is 0.323 e. The Labute approximate surface area is 168 Å². The van der Waals surface area contributed by atoms with Crippen LogP contribution in [0.3, 0.4) is 0 Å². The van der Waals surface area contributed by atoms with Crippen molar-refractivity contribution in [1.29, 1.82) is 0 Å². The molecule has 4 aliphatic carbocycles. The molecule has 1 aromatic rings. The zero-order chi connectivity index (χ0) is 20.6. The van der Waals surface area contributed by atoms with Gasteiger partial charge >= 0.3 is 11.9 Å². The predicted molar refractivity (Wildman–Crippen MR) is 101 cm³/mol. The summed E-state index contributed by atoms with van der Waals surface area (Å²) in [6.45, 7) is 0. The number of esters is 2. The minimum absolute atomic E-state index is 0.0265. The summed E-state index contributed by atoms with van der Waals surface area (Å²) < 4.78 is 10.2. The van der Waals surface area contributed by atoms with Crippen molar-refractivity contribution < 1.29 is 28.7 Å². The summed E-state index contributed by atoms with van der Waals surface area (Å²) in [6.07, 6.45) is 1.71. The Morgan fingerprint density at radius 3 is 2.28 bits per heavy atom. The Bertz CT molecular complexity index is 974. The fourth-order valence-electron chi connectivity index (χ4n) is 7.06. The quantitative estimate of drug-likeness (QED) is 0.578. The van der Waals surface area contributed by atoms with Gasteiger partial charge in [-0.1, -0.05) is 30.3 Å². The van der Waals surface area contributed by atoms with Gasteiger partial charge in [-0.25, -0.2) is 0 Å². The lowest BCUT2D eigenvalue weighted by Gasteiger charge is -2.36. The number of ketones is 2. The van der Waals surface area contributed by atoms with E-state index in [-0.39, 0.29) is 23.9 Å². The van der Waals surface area contributed by atoms with E-state index >= 15 is 0 Å². The standard InChI is InChI=1S/C23H22O6/c1-28-20(26)22(21(27)29-2)11-14-17(12-6-4-3-5-7-12)19(25)18-15(24)10-13-8-9-16(22)23(13,14)18/h3-7,13,16,18H,8-11H2,1-2H3. The lowest BCUT2D eigenvalue weighted by atomic mass is 9.65. The van der Waals surface area contributed by atoms with Crippen LogP contribution < -0.4 is 0 Å². The SMILES string of the molecule is COC(=O)C1(C(=O)OC)CC2=C(c3ccccc3)C(=O)C3C(=O)CC4CCC1C243. The van der Waals surface area contributed by atoms with Crippen LogP contribution in [0.25, 0.3) is 5.57 Å². The largest absolute Gasteiger partial charge is 0.468 e. The molecule has 4 unspecified atom stereocenters. The summed E-state index contributed by atoms with van der Waals surface area (Å²) in [5.41, 5.74) is -0.235. The van der Waals surface area contributed by atoms with Crippen molar-refractivity contribution in [1.82, 2.24) is 0 Å². The van der Waals surface area contributed by atoms with Crippen LogP contribution in [-0.2, 0) is 28.7 Å². The minimum atomic E-state index is -1.50. The second kappa shape index (κ2) is 5.88. The van der Waals surface area contributed by atoms with E-state index in [2.05, 4.69) is 0 Å². The minimum Gasteiger partial charge on any atom is -0.468 e. The van der Waals surface area contributed by atoms with Gasteiger partial charge < -0.3 is 9.47 Å². The van der Waals surface area contributed by atoms with Crippen LogP contribution in [0.5, 0.6) is 0 Å². The highest BCUT2D eigenvalue weighted by atomic mass is 16.5. The van der Waals surface area contributed by atoms with E-state index in [0.717, 1.165) is 11.1 Å². The zero-order valence-electron chi connectivity index (χ0n) is 16.4. The van der Waals surface area contributed by atoms with Gasteiger partial charge in [0.25, 0.3) is 0 Å². The maximum atomic E-state index is 13.5. The fraction of sp³-hybridized carbons (Fsp3) is 0.478. The van der Waals surface area contributed by atoms with E-state index in [9.17, 15) is 19.2 Å². The molecule has 6 nitrogen and oxygen atoms in total. The monoisotopic (exact) mass is 394 g/mol. The van der Waals surface area contributed by atoms with Crippen LogP contribution in [0, 0.1) is 28.6 Å². The number of Topliss-reactive ketones (excluding diaryl/α,β-unsaturated/α-hetero) is 2. The molecule has 1 aromatic carbocycles. The molecule has 3 saturated carbocycles. The van der Waals surface area contributed by atoms with Crippen molar-refractivity contribution in [2.45, 2.75) is 25.7 Å². The maximum absolute atomic E-state index is 13.5. The Hall–Kier alpha value is -2.76. The topological polar surface area (TPSA) is 86.7 Å². The van der Waals surface area contributed by atoms with E-state index in [1.165, 1.54) is 14.2 Å². The molecule has 1 spiro atoms. The molecule has 0 aliphatic heterocycles. The summed E-state index contributed by atoms with van der Waals surface area (Å²) in [7, 11) is 2.53. The maximum Gasteiger partial charge on any atom is 0.323 e. The molecule has 4 aliphatic rings. The van der Waals surface area contributed by atoms with Crippen molar-refractivity contribution in [3.63, 3.8) is 0 Å². The first-order valence-corrected chi connectivity index (χ1v) is 9.97. The van der Waals surface area contributed by atoms with Gasteiger partial charge in [0.05, 0.1) is 20.1 Å². The number of carbonyl (C=O) groups is 4. The Morgan fingerprint density at radius 1 is 1.00 bits per heavy atom. The second-order valence-corrected chi connectivity index (χ2v) is 8.58. The molecule has 0 saturated heterocycles. The molecule has 0 heterocycles. The molecule has 0 radical (unpaired) electrons. The number of hydrogen-bond donors (Lipinski definition) is 0. The summed E-state index contributed by atoms with van der Waals surface area (Å²) in [5, 5.41) is 0. The van der Waals surface area contributed by atoms with Crippen LogP contribution in [0.2, 0.25) is 0 Å². The lowest BCUT2D eigenvalue weighted by Crippen LogP contribution is -2.48. The van der Waals surface area contributed by atoms with Crippen molar-refractivity contribution >= 4 is 29.1 Å². The first-order chi connectivity index (χ1) is 13.9.